The maximum atomic E-state index is 12.9. The summed E-state index contributed by atoms with van der Waals surface area (Å²) in [6.07, 6.45) is 58.1. The summed E-state index contributed by atoms with van der Waals surface area (Å²) in [5.74, 6) is 0.877. The lowest BCUT2D eigenvalue weighted by Crippen LogP contribution is -2.30. The van der Waals surface area contributed by atoms with Crippen molar-refractivity contribution in [3.8, 4) is 0 Å². The van der Waals surface area contributed by atoms with Gasteiger partial charge in [-0.25, -0.2) is 0 Å². The van der Waals surface area contributed by atoms with Gasteiger partial charge in [0.25, 0.3) is 0 Å². The van der Waals surface area contributed by atoms with E-state index in [0.29, 0.717) is 19.3 Å². The Balaban J connectivity index is 4.28. The fourth-order valence-corrected chi connectivity index (χ4v) is 9.37. The van der Waals surface area contributed by atoms with Gasteiger partial charge in [-0.05, 0) is 31.1 Å². The number of hydrogen-bond donors (Lipinski definition) is 0. The van der Waals surface area contributed by atoms with Crippen LogP contribution in [0.5, 0.6) is 0 Å². The molecule has 0 aliphatic rings. The number of rotatable bonds is 55. The zero-order valence-electron chi connectivity index (χ0n) is 46.0. The molecule has 0 heterocycles. The first kappa shape index (κ1) is 65.4. The second-order valence-corrected chi connectivity index (χ2v) is 21.7. The average Bonchev–Trinajstić information content (AvgIpc) is 3.31. The second-order valence-electron chi connectivity index (χ2n) is 21.7. The van der Waals surface area contributed by atoms with Crippen molar-refractivity contribution in [1.29, 1.82) is 0 Å². The molecule has 0 aromatic carbocycles. The fraction of sp³-hybridized carbons (Fsp3) is 0.951. The lowest BCUT2D eigenvalue weighted by atomic mass is 9.99. The Kier molecular flexibility index (Phi) is 52.5. The van der Waals surface area contributed by atoms with E-state index >= 15 is 0 Å². The standard InChI is InChI=1S/C61H118O6/c1-6-8-9-10-11-12-13-14-15-16-17-18-23-26-33-38-43-48-53-61(64)67-58(55-66-60(63)52-47-42-37-32-28-27-29-34-39-44-49-56(3)4)54-65-59(62)51-46-41-36-31-25-22-20-19-21-24-30-35-40-45-50-57(5)7-2/h56-58H,6-55H2,1-5H3/t57?,58-/m0/s1. The number of carbonyl (C=O) groups excluding carboxylic acids is 3. The van der Waals surface area contributed by atoms with Crippen molar-refractivity contribution in [1.82, 2.24) is 0 Å². The summed E-state index contributed by atoms with van der Waals surface area (Å²) in [5.41, 5.74) is 0. The lowest BCUT2D eigenvalue weighted by Gasteiger charge is -2.18. The van der Waals surface area contributed by atoms with Crippen molar-refractivity contribution in [2.45, 2.75) is 349 Å². The summed E-state index contributed by atoms with van der Waals surface area (Å²) in [6, 6.07) is 0. The van der Waals surface area contributed by atoms with Crippen LogP contribution in [0.25, 0.3) is 0 Å². The van der Waals surface area contributed by atoms with E-state index in [4.69, 9.17) is 14.2 Å². The van der Waals surface area contributed by atoms with Crippen molar-refractivity contribution in [2.75, 3.05) is 13.2 Å². The summed E-state index contributed by atoms with van der Waals surface area (Å²) in [7, 11) is 0. The molecular formula is C61H118O6. The van der Waals surface area contributed by atoms with Crippen molar-refractivity contribution < 1.29 is 28.6 Å². The molecule has 398 valence electrons. The lowest BCUT2D eigenvalue weighted by molar-refractivity contribution is -0.167. The predicted octanol–water partition coefficient (Wildman–Crippen LogP) is 20.0. The van der Waals surface area contributed by atoms with Crippen LogP contribution in [0.4, 0.5) is 0 Å². The Hall–Kier alpha value is -1.59. The van der Waals surface area contributed by atoms with Gasteiger partial charge in [-0.2, -0.15) is 0 Å². The zero-order chi connectivity index (χ0) is 48.9. The van der Waals surface area contributed by atoms with Gasteiger partial charge < -0.3 is 14.2 Å². The summed E-state index contributed by atoms with van der Waals surface area (Å²) < 4.78 is 16.9. The van der Waals surface area contributed by atoms with Gasteiger partial charge >= 0.3 is 17.9 Å². The van der Waals surface area contributed by atoms with Crippen LogP contribution in [0.1, 0.15) is 343 Å². The van der Waals surface area contributed by atoms with Crippen LogP contribution in [0, 0.1) is 11.8 Å². The summed E-state index contributed by atoms with van der Waals surface area (Å²) in [6.45, 7) is 11.4. The van der Waals surface area contributed by atoms with Gasteiger partial charge in [-0.3, -0.25) is 14.4 Å². The molecule has 0 bridgehead atoms. The zero-order valence-corrected chi connectivity index (χ0v) is 46.0. The van der Waals surface area contributed by atoms with E-state index in [1.807, 2.05) is 0 Å². The average molecular weight is 948 g/mol. The molecule has 0 aromatic rings. The van der Waals surface area contributed by atoms with Crippen molar-refractivity contribution in [2.24, 2.45) is 11.8 Å². The molecule has 2 atom stereocenters. The molecule has 0 saturated carbocycles. The maximum absolute atomic E-state index is 12.9. The fourth-order valence-electron chi connectivity index (χ4n) is 9.37. The van der Waals surface area contributed by atoms with Gasteiger partial charge in [0.05, 0.1) is 0 Å². The number of hydrogen-bond acceptors (Lipinski definition) is 6. The van der Waals surface area contributed by atoms with Gasteiger partial charge in [0.2, 0.25) is 0 Å². The monoisotopic (exact) mass is 947 g/mol. The molecule has 0 aliphatic heterocycles. The van der Waals surface area contributed by atoms with Crippen LogP contribution < -0.4 is 0 Å². The first-order valence-electron chi connectivity index (χ1n) is 30.3. The van der Waals surface area contributed by atoms with Gasteiger partial charge in [0.1, 0.15) is 13.2 Å². The molecule has 0 rings (SSSR count). The third-order valence-electron chi connectivity index (χ3n) is 14.3. The quantitative estimate of drug-likeness (QED) is 0.0343. The van der Waals surface area contributed by atoms with Gasteiger partial charge in [0.15, 0.2) is 6.10 Å². The van der Waals surface area contributed by atoms with Crippen LogP contribution in [-0.2, 0) is 28.6 Å². The van der Waals surface area contributed by atoms with Crippen LogP contribution in [-0.4, -0.2) is 37.2 Å². The minimum absolute atomic E-state index is 0.0626. The highest BCUT2D eigenvalue weighted by Gasteiger charge is 2.19. The Morgan fingerprint density at radius 3 is 0.851 bits per heavy atom. The Morgan fingerprint density at radius 2 is 0.567 bits per heavy atom. The molecule has 6 heteroatoms. The number of ether oxygens (including phenoxy) is 3. The molecular weight excluding hydrogens is 829 g/mol. The van der Waals surface area contributed by atoms with E-state index in [1.165, 1.54) is 231 Å². The van der Waals surface area contributed by atoms with Gasteiger partial charge in [-0.1, -0.05) is 304 Å². The Morgan fingerprint density at radius 1 is 0.313 bits per heavy atom. The highest BCUT2D eigenvalue weighted by atomic mass is 16.6. The first-order chi connectivity index (χ1) is 32.8. The molecule has 0 radical (unpaired) electrons. The van der Waals surface area contributed by atoms with E-state index in [0.717, 1.165) is 69.6 Å². The molecule has 0 aliphatic carbocycles. The van der Waals surface area contributed by atoms with E-state index in [9.17, 15) is 14.4 Å². The smallest absolute Gasteiger partial charge is 0.306 e. The molecule has 0 aromatic heterocycles. The molecule has 0 amide bonds. The van der Waals surface area contributed by atoms with E-state index < -0.39 is 6.10 Å². The van der Waals surface area contributed by atoms with Crippen molar-refractivity contribution >= 4 is 17.9 Å². The molecule has 6 nitrogen and oxygen atoms in total. The van der Waals surface area contributed by atoms with Gasteiger partial charge in [0, 0.05) is 19.3 Å². The Labute approximate surface area is 418 Å². The highest BCUT2D eigenvalue weighted by molar-refractivity contribution is 5.71. The second kappa shape index (κ2) is 53.8. The van der Waals surface area contributed by atoms with E-state index in [2.05, 4.69) is 34.6 Å². The molecule has 67 heavy (non-hydrogen) atoms. The minimum atomic E-state index is -0.763. The number of carbonyl (C=O) groups is 3. The van der Waals surface area contributed by atoms with E-state index in [-0.39, 0.29) is 31.1 Å². The first-order valence-corrected chi connectivity index (χ1v) is 30.3. The topological polar surface area (TPSA) is 78.9 Å². The molecule has 0 N–H and O–H groups in total. The SMILES string of the molecule is CCCCCCCCCCCCCCCCCCCCC(=O)O[C@@H](COC(=O)CCCCCCCCCCCCCCCCC(C)CC)COC(=O)CCCCCCCCCCCCC(C)C. The van der Waals surface area contributed by atoms with E-state index in [1.54, 1.807) is 0 Å². The van der Waals surface area contributed by atoms with Crippen molar-refractivity contribution in [3.05, 3.63) is 0 Å². The maximum Gasteiger partial charge on any atom is 0.306 e. The number of unbranched alkanes of at least 4 members (excludes halogenated alkanes) is 39. The third kappa shape index (κ3) is 53.6. The van der Waals surface area contributed by atoms with Crippen LogP contribution in [0.15, 0.2) is 0 Å². The predicted molar refractivity (Wildman–Crippen MR) is 289 cm³/mol. The summed E-state index contributed by atoms with van der Waals surface area (Å²) >= 11 is 0. The number of esters is 3. The summed E-state index contributed by atoms with van der Waals surface area (Å²) in [4.78, 5) is 38.2. The normalized spacial score (nSPS) is 12.4. The molecule has 1 unspecified atom stereocenters. The third-order valence-corrected chi connectivity index (χ3v) is 14.3. The Bertz CT molecular complexity index is 1030. The summed E-state index contributed by atoms with van der Waals surface area (Å²) in [5, 5.41) is 0. The minimum Gasteiger partial charge on any atom is -0.462 e. The highest BCUT2D eigenvalue weighted by Crippen LogP contribution is 2.19. The van der Waals surface area contributed by atoms with Crippen LogP contribution in [0.2, 0.25) is 0 Å². The molecule has 0 saturated heterocycles. The van der Waals surface area contributed by atoms with Crippen LogP contribution >= 0.6 is 0 Å². The van der Waals surface area contributed by atoms with Crippen molar-refractivity contribution in [3.63, 3.8) is 0 Å². The molecule has 0 fully saturated rings. The van der Waals surface area contributed by atoms with Crippen LogP contribution in [0.3, 0.4) is 0 Å². The molecule has 0 spiro atoms. The largest absolute Gasteiger partial charge is 0.462 e. The van der Waals surface area contributed by atoms with Gasteiger partial charge in [-0.15, -0.1) is 0 Å².